The summed E-state index contributed by atoms with van der Waals surface area (Å²) in [5.41, 5.74) is 0. The van der Waals surface area contributed by atoms with Gasteiger partial charge in [-0.25, -0.2) is 0 Å². The Bertz CT molecular complexity index is 84.7. The van der Waals surface area contributed by atoms with Gasteiger partial charge in [-0.1, -0.05) is 26.2 Å². The van der Waals surface area contributed by atoms with Crippen molar-refractivity contribution in [2.24, 2.45) is 5.92 Å². The molecule has 1 heteroatoms. The Kier molecular flexibility index (Phi) is 3.61. The van der Waals surface area contributed by atoms with Crippen molar-refractivity contribution in [1.82, 2.24) is 0 Å². The maximum absolute atomic E-state index is 2.38. The fourth-order valence-electron chi connectivity index (χ4n) is 1.80. The fourth-order valence-corrected chi connectivity index (χ4v) is 2.45. The molecule has 1 atom stereocenters. The topological polar surface area (TPSA) is 0 Å². The highest BCUT2D eigenvalue weighted by Gasteiger charge is 2.18. The summed E-state index contributed by atoms with van der Waals surface area (Å²) in [6, 6.07) is 0. The maximum Gasteiger partial charge on any atom is 0.00442 e. The van der Waals surface area contributed by atoms with E-state index in [2.05, 4.69) is 13.2 Å². The molecule has 0 spiro atoms. The Balaban J connectivity index is 2.24. The molecule has 1 unspecified atom stereocenters. The molecule has 0 N–H and O–H groups in total. The SMILES string of the molecule is CSC(C)C1CCCCC1. The maximum atomic E-state index is 2.38. The lowest BCUT2D eigenvalue weighted by atomic mass is 9.87. The summed E-state index contributed by atoms with van der Waals surface area (Å²) in [5.74, 6) is 1.03. The van der Waals surface area contributed by atoms with Crippen molar-refractivity contribution in [3.8, 4) is 0 Å². The van der Waals surface area contributed by atoms with E-state index in [4.69, 9.17) is 0 Å². The monoisotopic (exact) mass is 158 g/mol. The molecule has 0 aromatic rings. The van der Waals surface area contributed by atoms with E-state index in [0.29, 0.717) is 0 Å². The van der Waals surface area contributed by atoms with Crippen LogP contribution in [0.25, 0.3) is 0 Å². The molecule has 0 aromatic heterocycles. The van der Waals surface area contributed by atoms with Gasteiger partial charge in [0.15, 0.2) is 0 Å². The zero-order valence-electron chi connectivity index (χ0n) is 7.10. The second-order valence-corrected chi connectivity index (χ2v) is 4.55. The molecular formula is C9H18S. The molecule has 60 valence electrons. The third-order valence-corrected chi connectivity index (χ3v) is 3.81. The average Bonchev–Trinajstić information content (AvgIpc) is 2.05. The first-order chi connectivity index (χ1) is 4.84. The number of hydrogen-bond donors (Lipinski definition) is 0. The van der Waals surface area contributed by atoms with Gasteiger partial charge in [0, 0.05) is 5.25 Å². The molecule has 10 heavy (non-hydrogen) atoms. The van der Waals surface area contributed by atoms with Crippen LogP contribution in [0.5, 0.6) is 0 Å². The van der Waals surface area contributed by atoms with Crippen molar-refractivity contribution < 1.29 is 0 Å². The van der Waals surface area contributed by atoms with Gasteiger partial charge in [-0.2, -0.15) is 11.8 Å². The molecule has 0 aliphatic heterocycles. The third-order valence-electron chi connectivity index (χ3n) is 2.69. The molecule has 0 aromatic carbocycles. The Hall–Kier alpha value is 0.350. The molecule has 1 aliphatic rings. The van der Waals surface area contributed by atoms with Crippen LogP contribution >= 0.6 is 11.8 Å². The van der Waals surface area contributed by atoms with Crippen LogP contribution in [0.2, 0.25) is 0 Å². The second-order valence-electron chi connectivity index (χ2n) is 3.34. The first-order valence-electron chi connectivity index (χ1n) is 4.37. The van der Waals surface area contributed by atoms with Crippen LogP contribution < -0.4 is 0 Å². The lowest BCUT2D eigenvalue weighted by Gasteiger charge is -2.26. The predicted molar refractivity (Wildman–Crippen MR) is 49.6 cm³/mol. The Morgan fingerprint density at radius 3 is 2.30 bits per heavy atom. The summed E-state index contributed by atoms with van der Waals surface area (Å²) in [4.78, 5) is 0. The van der Waals surface area contributed by atoms with Crippen LogP contribution in [0, 0.1) is 5.92 Å². The molecule has 0 heterocycles. The van der Waals surface area contributed by atoms with Gasteiger partial charge in [0.05, 0.1) is 0 Å². The van der Waals surface area contributed by atoms with Gasteiger partial charge >= 0.3 is 0 Å². The van der Waals surface area contributed by atoms with Crippen molar-refractivity contribution in [3.63, 3.8) is 0 Å². The van der Waals surface area contributed by atoms with E-state index in [0.717, 1.165) is 11.2 Å². The number of hydrogen-bond acceptors (Lipinski definition) is 1. The Labute approximate surface area is 68.8 Å². The van der Waals surface area contributed by atoms with E-state index in [-0.39, 0.29) is 0 Å². The number of thioether (sulfide) groups is 1. The van der Waals surface area contributed by atoms with Crippen molar-refractivity contribution in [2.75, 3.05) is 6.26 Å². The highest BCUT2D eigenvalue weighted by Crippen LogP contribution is 2.30. The fraction of sp³-hybridized carbons (Fsp3) is 1.00. The van der Waals surface area contributed by atoms with Crippen molar-refractivity contribution in [1.29, 1.82) is 0 Å². The minimum Gasteiger partial charge on any atom is -0.162 e. The van der Waals surface area contributed by atoms with E-state index in [1.54, 1.807) is 0 Å². The van der Waals surface area contributed by atoms with Crippen LogP contribution in [0.3, 0.4) is 0 Å². The van der Waals surface area contributed by atoms with Crippen LogP contribution in [0.15, 0.2) is 0 Å². The van der Waals surface area contributed by atoms with Crippen LogP contribution in [-0.2, 0) is 0 Å². The van der Waals surface area contributed by atoms with Gasteiger partial charge in [-0.05, 0) is 25.0 Å². The molecule has 0 nitrogen and oxygen atoms in total. The molecule has 0 saturated heterocycles. The highest BCUT2D eigenvalue weighted by atomic mass is 32.2. The van der Waals surface area contributed by atoms with E-state index in [9.17, 15) is 0 Å². The van der Waals surface area contributed by atoms with Gasteiger partial charge in [-0.3, -0.25) is 0 Å². The molecule has 1 aliphatic carbocycles. The average molecular weight is 158 g/mol. The van der Waals surface area contributed by atoms with Crippen LogP contribution in [0.4, 0.5) is 0 Å². The minimum absolute atomic E-state index is 0.903. The minimum atomic E-state index is 0.903. The van der Waals surface area contributed by atoms with Gasteiger partial charge in [0.2, 0.25) is 0 Å². The first kappa shape index (κ1) is 8.45. The summed E-state index contributed by atoms with van der Waals surface area (Å²) in [6.07, 6.45) is 9.66. The van der Waals surface area contributed by atoms with Crippen molar-refractivity contribution >= 4 is 11.8 Å². The van der Waals surface area contributed by atoms with Crippen molar-refractivity contribution in [2.45, 2.75) is 44.3 Å². The lowest BCUT2D eigenvalue weighted by molar-refractivity contribution is 0.357. The first-order valence-corrected chi connectivity index (χ1v) is 5.66. The Morgan fingerprint density at radius 2 is 1.80 bits per heavy atom. The predicted octanol–water partition coefficient (Wildman–Crippen LogP) is 3.32. The number of rotatable bonds is 2. The molecule has 1 saturated carbocycles. The molecule has 0 bridgehead atoms. The van der Waals surface area contributed by atoms with Crippen LogP contribution in [0.1, 0.15) is 39.0 Å². The standard InChI is InChI=1S/C9H18S/c1-8(10-2)9-6-4-3-5-7-9/h8-9H,3-7H2,1-2H3. The zero-order valence-corrected chi connectivity index (χ0v) is 7.91. The van der Waals surface area contributed by atoms with Crippen LogP contribution in [-0.4, -0.2) is 11.5 Å². The zero-order chi connectivity index (χ0) is 7.40. The van der Waals surface area contributed by atoms with E-state index in [1.165, 1.54) is 32.1 Å². The molecule has 0 radical (unpaired) electrons. The smallest absolute Gasteiger partial charge is 0.00442 e. The van der Waals surface area contributed by atoms with Gasteiger partial charge in [-0.15, -0.1) is 0 Å². The third kappa shape index (κ3) is 2.19. The van der Waals surface area contributed by atoms with E-state index in [1.807, 2.05) is 11.8 Å². The van der Waals surface area contributed by atoms with Crippen molar-refractivity contribution in [3.05, 3.63) is 0 Å². The summed E-state index contributed by atoms with van der Waals surface area (Å²) in [7, 11) is 0. The summed E-state index contributed by atoms with van der Waals surface area (Å²) >= 11 is 2.03. The Morgan fingerprint density at radius 1 is 1.20 bits per heavy atom. The molecule has 1 fully saturated rings. The largest absolute Gasteiger partial charge is 0.162 e. The highest BCUT2D eigenvalue weighted by molar-refractivity contribution is 7.99. The molecular weight excluding hydrogens is 140 g/mol. The molecule has 0 amide bonds. The quantitative estimate of drug-likeness (QED) is 0.594. The summed E-state index contributed by atoms with van der Waals surface area (Å²) in [6.45, 7) is 2.38. The molecule has 1 rings (SSSR count). The summed E-state index contributed by atoms with van der Waals surface area (Å²) in [5, 5.41) is 0.903. The second kappa shape index (κ2) is 4.27. The van der Waals surface area contributed by atoms with E-state index < -0.39 is 0 Å². The normalized spacial score (nSPS) is 24.6. The van der Waals surface area contributed by atoms with Gasteiger partial charge in [0.25, 0.3) is 0 Å². The van der Waals surface area contributed by atoms with Gasteiger partial charge < -0.3 is 0 Å². The van der Waals surface area contributed by atoms with E-state index >= 15 is 0 Å². The van der Waals surface area contributed by atoms with Gasteiger partial charge in [0.1, 0.15) is 0 Å². The lowest BCUT2D eigenvalue weighted by Crippen LogP contribution is -2.16. The summed E-state index contributed by atoms with van der Waals surface area (Å²) < 4.78 is 0.